The number of hydrazine groups is 1. The molecular formula is C24H33F3N6O4SSi. The van der Waals surface area contributed by atoms with Gasteiger partial charge < -0.3 is 10.0 Å². The predicted octanol–water partition coefficient (Wildman–Crippen LogP) is 3.17. The first-order chi connectivity index (χ1) is 18.3. The van der Waals surface area contributed by atoms with Crippen molar-refractivity contribution in [1.82, 2.24) is 15.0 Å². The molecule has 0 spiro atoms. The van der Waals surface area contributed by atoms with Crippen molar-refractivity contribution in [1.29, 1.82) is 0 Å². The topological polar surface area (TPSA) is 119 Å². The number of benzene rings is 1. The lowest BCUT2D eigenvalue weighted by Crippen LogP contribution is -2.53. The first kappa shape index (κ1) is 29.2. The highest BCUT2D eigenvalue weighted by Crippen LogP contribution is 2.40. The third-order valence-corrected chi connectivity index (χ3v) is 11.5. The van der Waals surface area contributed by atoms with Gasteiger partial charge in [0.1, 0.15) is 17.8 Å². The fourth-order valence-electron chi connectivity index (χ4n) is 4.68. The number of piperidine rings is 1. The van der Waals surface area contributed by atoms with Crippen LogP contribution in [0.2, 0.25) is 25.2 Å². The maximum Gasteiger partial charge on any atom is 0.291 e. The molecule has 2 saturated heterocycles. The molecule has 1 aromatic heterocycles. The summed E-state index contributed by atoms with van der Waals surface area (Å²) < 4.78 is 70.5. The van der Waals surface area contributed by atoms with Crippen molar-refractivity contribution in [3.8, 4) is 0 Å². The van der Waals surface area contributed by atoms with Crippen molar-refractivity contribution >= 4 is 41.1 Å². The van der Waals surface area contributed by atoms with E-state index in [2.05, 4.69) is 27.8 Å². The molecule has 15 heteroatoms. The Morgan fingerprint density at radius 1 is 1.18 bits per heavy atom. The Morgan fingerprint density at radius 3 is 2.44 bits per heavy atom. The van der Waals surface area contributed by atoms with Crippen LogP contribution in [0.15, 0.2) is 30.7 Å². The lowest BCUT2D eigenvalue weighted by molar-refractivity contribution is -0.0561. The number of rotatable bonds is 8. The molecule has 2 fully saturated rings. The molecule has 0 unspecified atom stereocenters. The lowest BCUT2D eigenvalue weighted by Gasteiger charge is -2.43. The number of aromatic nitrogens is 2. The molecule has 1 aromatic carbocycles. The van der Waals surface area contributed by atoms with Crippen molar-refractivity contribution in [2.24, 2.45) is 0 Å². The molecule has 0 radical (unpaired) electrons. The Hall–Kier alpha value is -2.75. The normalized spacial score (nSPS) is 19.5. The average molecular weight is 587 g/mol. The minimum absolute atomic E-state index is 0.00592. The summed E-state index contributed by atoms with van der Waals surface area (Å²) in [6.07, 6.45) is 1.59. The van der Waals surface area contributed by atoms with Gasteiger partial charge in [-0.05, 0) is 24.2 Å². The van der Waals surface area contributed by atoms with Crippen molar-refractivity contribution in [2.45, 2.75) is 43.9 Å². The van der Waals surface area contributed by atoms with E-state index in [1.807, 2.05) is 4.90 Å². The summed E-state index contributed by atoms with van der Waals surface area (Å²) in [5.41, 5.74) is 0.160. The van der Waals surface area contributed by atoms with Crippen molar-refractivity contribution in [3.63, 3.8) is 0 Å². The fourth-order valence-corrected chi connectivity index (χ4v) is 7.52. The Balaban J connectivity index is 1.83. The molecule has 2 N–H and O–H groups in total. The second kappa shape index (κ2) is 11.4. The van der Waals surface area contributed by atoms with E-state index in [4.69, 9.17) is 5.11 Å². The Morgan fingerprint density at radius 2 is 1.85 bits per heavy atom. The van der Waals surface area contributed by atoms with Crippen LogP contribution in [0.3, 0.4) is 0 Å². The molecule has 1 amide bonds. The largest absolute Gasteiger partial charge is 0.395 e. The van der Waals surface area contributed by atoms with Crippen LogP contribution in [-0.2, 0) is 10.0 Å². The summed E-state index contributed by atoms with van der Waals surface area (Å²) in [6.45, 7) is 4.79. The van der Waals surface area contributed by atoms with Gasteiger partial charge in [0.05, 0.1) is 37.5 Å². The minimum atomic E-state index is -4.04. The van der Waals surface area contributed by atoms with E-state index in [9.17, 15) is 22.0 Å². The summed E-state index contributed by atoms with van der Waals surface area (Å²) in [5, 5.41) is 11.7. The second-order valence-electron chi connectivity index (χ2n) is 10.6. The molecule has 4 rings (SSSR count). The SMILES string of the molecule is C[Si]1(C)CCN(c2cc(NS(=O)(=O)CCO)c(F)cc2N(C(=O)c2ccncn2)N2CCC(F)(F)CC2)CC1. The van der Waals surface area contributed by atoms with Crippen LogP contribution in [0.25, 0.3) is 0 Å². The third kappa shape index (κ3) is 7.07. The summed E-state index contributed by atoms with van der Waals surface area (Å²) >= 11 is 0. The number of aliphatic hydroxyl groups excluding tert-OH is 1. The number of halogens is 3. The van der Waals surface area contributed by atoms with Crippen LogP contribution in [-0.4, -0.2) is 86.9 Å². The monoisotopic (exact) mass is 586 g/mol. The lowest BCUT2D eigenvalue weighted by atomic mass is 10.1. The molecule has 2 aliphatic heterocycles. The molecule has 10 nitrogen and oxygen atoms in total. The van der Waals surface area contributed by atoms with Crippen LogP contribution in [0, 0.1) is 5.82 Å². The molecule has 0 aliphatic carbocycles. The molecule has 0 atom stereocenters. The summed E-state index contributed by atoms with van der Waals surface area (Å²) in [4.78, 5) is 23.6. The van der Waals surface area contributed by atoms with Gasteiger partial charge in [-0.3, -0.25) is 9.52 Å². The van der Waals surface area contributed by atoms with Crippen LogP contribution in [0.4, 0.5) is 30.2 Å². The zero-order valence-electron chi connectivity index (χ0n) is 21.9. The highest BCUT2D eigenvalue weighted by Gasteiger charge is 2.40. The predicted molar refractivity (Wildman–Crippen MR) is 145 cm³/mol. The standard InChI is InChI=1S/C24H33F3N6O4SSi/c1-39(2)13-9-31(10-14-39)21-16-20(30-38(36,37)12-11-34)18(25)15-22(21)33(23(35)19-3-6-28-17-29-19)32-7-4-24(26,27)5-8-32/h3,6,15-17,30,34H,4-5,7-14H2,1-2H3. The first-order valence-corrected chi connectivity index (χ1v) is 17.8. The Kier molecular flexibility index (Phi) is 8.54. The van der Waals surface area contributed by atoms with E-state index in [0.29, 0.717) is 18.8 Å². The molecule has 3 heterocycles. The molecular weight excluding hydrogens is 553 g/mol. The number of aliphatic hydroxyl groups is 1. The molecule has 0 bridgehead atoms. The smallest absolute Gasteiger partial charge is 0.291 e. The average Bonchev–Trinajstić information content (AvgIpc) is 2.87. The number of hydrogen-bond acceptors (Lipinski definition) is 8. The zero-order valence-corrected chi connectivity index (χ0v) is 23.7. The van der Waals surface area contributed by atoms with Crippen LogP contribution >= 0.6 is 0 Å². The minimum Gasteiger partial charge on any atom is -0.395 e. The molecule has 214 valence electrons. The number of nitrogens with one attached hydrogen (secondary N) is 1. The van der Waals surface area contributed by atoms with Crippen molar-refractivity contribution in [2.75, 3.05) is 53.2 Å². The highest BCUT2D eigenvalue weighted by atomic mass is 32.2. The van der Waals surface area contributed by atoms with Crippen molar-refractivity contribution in [3.05, 3.63) is 42.2 Å². The van der Waals surface area contributed by atoms with Gasteiger partial charge in [0.25, 0.3) is 11.8 Å². The summed E-state index contributed by atoms with van der Waals surface area (Å²) in [6, 6.07) is 5.61. The Labute approximate surface area is 226 Å². The molecule has 2 aromatic rings. The maximum absolute atomic E-state index is 15.5. The number of amides is 1. The number of nitrogens with zero attached hydrogens (tertiary/aromatic N) is 5. The number of hydrogen-bond donors (Lipinski definition) is 2. The number of carbonyl (C=O) groups is 1. The van der Waals surface area contributed by atoms with E-state index in [1.165, 1.54) is 34.7 Å². The van der Waals surface area contributed by atoms with Crippen LogP contribution in [0.1, 0.15) is 23.3 Å². The summed E-state index contributed by atoms with van der Waals surface area (Å²) in [7, 11) is -5.49. The number of anilines is 3. The van der Waals surface area contributed by atoms with Gasteiger partial charge in [-0.1, -0.05) is 13.1 Å². The maximum atomic E-state index is 15.5. The van der Waals surface area contributed by atoms with Gasteiger partial charge in [0.15, 0.2) is 0 Å². The molecule has 0 saturated carbocycles. The van der Waals surface area contributed by atoms with E-state index in [-0.39, 0.29) is 30.2 Å². The van der Waals surface area contributed by atoms with Crippen LogP contribution in [0.5, 0.6) is 0 Å². The van der Waals surface area contributed by atoms with Gasteiger partial charge in [-0.15, -0.1) is 0 Å². The van der Waals surface area contributed by atoms with Gasteiger partial charge in [0, 0.05) is 51.3 Å². The zero-order chi connectivity index (χ0) is 28.4. The summed E-state index contributed by atoms with van der Waals surface area (Å²) in [5.74, 6) is -5.10. The first-order valence-electron chi connectivity index (χ1n) is 12.7. The van der Waals surface area contributed by atoms with E-state index < -0.39 is 60.9 Å². The van der Waals surface area contributed by atoms with Crippen LogP contribution < -0.4 is 14.6 Å². The quantitative estimate of drug-likeness (QED) is 0.453. The Bertz CT molecular complexity index is 1280. The third-order valence-electron chi connectivity index (χ3n) is 7.12. The fraction of sp³-hybridized carbons (Fsp3) is 0.542. The molecule has 39 heavy (non-hydrogen) atoms. The van der Waals surface area contributed by atoms with Gasteiger partial charge in [-0.2, -0.15) is 0 Å². The second-order valence-corrected chi connectivity index (χ2v) is 17.8. The van der Waals surface area contributed by atoms with E-state index in [0.717, 1.165) is 18.2 Å². The number of sulfonamides is 1. The highest BCUT2D eigenvalue weighted by molar-refractivity contribution is 7.92. The van der Waals surface area contributed by atoms with Gasteiger partial charge in [0.2, 0.25) is 10.0 Å². The number of alkyl halides is 2. The van der Waals surface area contributed by atoms with Gasteiger partial charge >= 0.3 is 0 Å². The van der Waals surface area contributed by atoms with Gasteiger partial charge in [-0.25, -0.2) is 41.6 Å². The van der Waals surface area contributed by atoms with Crippen molar-refractivity contribution < 1.29 is 31.5 Å². The van der Waals surface area contributed by atoms with E-state index >= 15 is 4.39 Å². The van der Waals surface area contributed by atoms with E-state index in [1.54, 1.807) is 0 Å². The number of carbonyl (C=O) groups excluding carboxylic acids is 1. The molecule has 2 aliphatic rings.